The summed E-state index contributed by atoms with van der Waals surface area (Å²) in [5.41, 5.74) is 1.81. The van der Waals surface area contributed by atoms with Crippen LogP contribution < -0.4 is 14.5 Å². The molecule has 3 aromatic carbocycles. The molecule has 1 N–H and O–H groups in total. The summed E-state index contributed by atoms with van der Waals surface area (Å²) < 4.78 is 27.4. The van der Waals surface area contributed by atoms with Gasteiger partial charge in [-0.25, -0.2) is 8.42 Å². The molecule has 5 rings (SSSR count). The lowest BCUT2D eigenvalue weighted by Gasteiger charge is -2.39. The summed E-state index contributed by atoms with van der Waals surface area (Å²) >= 11 is 0. The fourth-order valence-corrected chi connectivity index (χ4v) is 6.43. The number of nitrogens with zero attached hydrogens (tertiary/aromatic N) is 3. The molecule has 172 valence electrons. The van der Waals surface area contributed by atoms with Gasteiger partial charge in [0.25, 0.3) is 10.0 Å². The second-order valence-electron chi connectivity index (χ2n) is 8.65. The zero-order chi connectivity index (χ0) is 23.0. The average molecular weight is 465 g/mol. The lowest BCUT2D eigenvalue weighted by atomic mass is 10.1. The summed E-state index contributed by atoms with van der Waals surface area (Å²) in [6, 6.07) is 21.3. The lowest BCUT2D eigenvalue weighted by Crippen LogP contribution is -2.53. The first-order valence-corrected chi connectivity index (χ1v) is 12.7. The number of sulfonamides is 1. The molecule has 0 bridgehead atoms. The van der Waals surface area contributed by atoms with Crippen molar-refractivity contribution >= 4 is 38.1 Å². The van der Waals surface area contributed by atoms with Gasteiger partial charge in [-0.3, -0.25) is 14.0 Å². The fourth-order valence-electron chi connectivity index (χ4n) is 4.77. The van der Waals surface area contributed by atoms with Gasteiger partial charge in [0.1, 0.15) is 6.54 Å². The smallest absolute Gasteiger partial charge is 0.265 e. The molecule has 1 atom stereocenters. The quantitative estimate of drug-likeness (QED) is 0.607. The van der Waals surface area contributed by atoms with Crippen LogP contribution in [0.15, 0.2) is 71.6 Å². The minimum absolute atomic E-state index is 0.169. The number of carbonyl (C=O) groups is 1. The number of amides is 1. The number of anilines is 2. The van der Waals surface area contributed by atoms with Crippen LogP contribution in [0.5, 0.6) is 0 Å². The van der Waals surface area contributed by atoms with Crippen molar-refractivity contribution in [1.29, 1.82) is 0 Å². The van der Waals surface area contributed by atoms with Crippen LogP contribution in [0.3, 0.4) is 0 Å². The van der Waals surface area contributed by atoms with Gasteiger partial charge in [-0.15, -0.1) is 0 Å². The molecule has 1 unspecified atom stereocenters. The van der Waals surface area contributed by atoms with Crippen molar-refractivity contribution in [2.24, 2.45) is 0 Å². The summed E-state index contributed by atoms with van der Waals surface area (Å²) in [7, 11) is -3.73. The standard InChI is InChI=1S/C25H28N4O3S/c1-19(27-13-15-28(16-14-27)21-9-3-2-4-10-21)17-26-24(30)18-29-22-11-5-7-20-8-6-12-23(25(20)22)33(29,31)32/h2-12,19H,13-18H2,1H3,(H,26,30). The molecule has 1 saturated heterocycles. The molecule has 0 radical (unpaired) electrons. The van der Waals surface area contributed by atoms with E-state index in [1.807, 2.05) is 24.3 Å². The number of nitrogens with one attached hydrogen (secondary N) is 1. The largest absolute Gasteiger partial charge is 0.369 e. The van der Waals surface area contributed by atoms with Gasteiger partial charge in [-0.2, -0.15) is 0 Å². The minimum Gasteiger partial charge on any atom is -0.369 e. The maximum atomic E-state index is 13.1. The molecule has 2 aliphatic heterocycles. The number of hydrogen-bond acceptors (Lipinski definition) is 5. The van der Waals surface area contributed by atoms with Crippen LogP contribution >= 0.6 is 0 Å². The topological polar surface area (TPSA) is 73.0 Å². The number of para-hydroxylation sites is 1. The number of rotatable bonds is 6. The second kappa shape index (κ2) is 8.68. The molecule has 3 aromatic rings. The van der Waals surface area contributed by atoms with E-state index in [0.29, 0.717) is 17.6 Å². The highest BCUT2D eigenvalue weighted by Crippen LogP contribution is 2.41. The molecule has 0 saturated carbocycles. The highest BCUT2D eigenvalue weighted by Gasteiger charge is 2.36. The Bertz CT molecular complexity index is 1270. The maximum Gasteiger partial charge on any atom is 0.265 e. The molecular formula is C25H28N4O3S. The Labute approximate surface area is 194 Å². The summed E-state index contributed by atoms with van der Waals surface area (Å²) in [5, 5.41) is 4.50. The van der Waals surface area contributed by atoms with Gasteiger partial charge in [-0.1, -0.05) is 42.5 Å². The first kappa shape index (κ1) is 21.7. The third-order valence-corrected chi connectivity index (χ3v) is 8.42. The van der Waals surface area contributed by atoms with E-state index in [1.165, 1.54) is 9.99 Å². The molecule has 7 nitrogen and oxygen atoms in total. The molecule has 1 amide bonds. The van der Waals surface area contributed by atoms with Gasteiger partial charge < -0.3 is 10.2 Å². The lowest BCUT2D eigenvalue weighted by molar-refractivity contribution is -0.119. The number of carbonyl (C=O) groups excluding carboxylic acids is 1. The Morgan fingerprint density at radius 2 is 1.64 bits per heavy atom. The molecular weight excluding hydrogens is 436 g/mol. The number of piperazine rings is 1. The van der Waals surface area contributed by atoms with E-state index in [4.69, 9.17) is 0 Å². The SMILES string of the molecule is CC(CNC(=O)CN1c2cccc3cccc(c23)S1(=O)=O)N1CCN(c2ccccc2)CC1. The normalized spacial score (nSPS) is 18.5. The van der Waals surface area contributed by atoms with E-state index >= 15 is 0 Å². The molecule has 2 aliphatic rings. The van der Waals surface area contributed by atoms with Crippen LogP contribution in [0, 0.1) is 0 Å². The first-order valence-electron chi connectivity index (χ1n) is 11.3. The van der Waals surface area contributed by atoms with E-state index in [-0.39, 0.29) is 23.4 Å². The summed E-state index contributed by atoms with van der Waals surface area (Å²) in [5.74, 6) is -0.293. The van der Waals surface area contributed by atoms with E-state index in [1.54, 1.807) is 18.2 Å². The zero-order valence-electron chi connectivity index (χ0n) is 18.6. The minimum atomic E-state index is -3.73. The Kier molecular flexibility index (Phi) is 5.72. The van der Waals surface area contributed by atoms with E-state index in [0.717, 1.165) is 31.6 Å². The Balaban J connectivity index is 1.18. The van der Waals surface area contributed by atoms with Gasteiger partial charge in [0, 0.05) is 49.8 Å². The fraction of sp³-hybridized carbons (Fsp3) is 0.320. The molecule has 0 aliphatic carbocycles. The maximum absolute atomic E-state index is 13.1. The van der Waals surface area contributed by atoms with Gasteiger partial charge in [0.15, 0.2) is 0 Å². The van der Waals surface area contributed by atoms with Crippen molar-refractivity contribution in [1.82, 2.24) is 10.2 Å². The van der Waals surface area contributed by atoms with Crippen LogP contribution in [0.1, 0.15) is 6.92 Å². The molecule has 33 heavy (non-hydrogen) atoms. The molecule has 0 spiro atoms. The summed E-state index contributed by atoms with van der Waals surface area (Å²) in [6.07, 6.45) is 0. The average Bonchev–Trinajstić information content (AvgIpc) is 3.06. The molecule has 2 heterocycles. The van der Waals surface area contributed by atoms with Gasteiger partial charge in [0.05, 0.1) is 10.6 Å². The van der Waals surface area contributed by atoms with Gasteiger partial charge in [-0.05, 0) is 36.6 Å². The summed E-state index contributed by atoms with van der Waals surface area (Å²) in [4.78, 5) is 17.7. The molecule has 1 fully saturated rings. The van der Waals surface area contributed by atoms with Crippen LogP contribution in [-0.4, -0.2) is 64.5 Å². The second-order valence-corrected chi connectivity index (χ2v) is 10.5. The van der Waals surface area contributed by atoms with Crippen molar-refractivity contribution in [2.75, 3.05) is 48.5 Å². The van der Waals surface area contributed by atoms with E-state index < -0.39 is 10.0 Å². The van der Waals surface area contributed by atoms with Crippen LogP contribution in [0.2, 0.25) is 0 Å². The zero-order valence-corrected chi connectivity index (χ0v) is 19.5. The van der Waals surface area contributed by atoms with Crippen molar-refractivity contribution in [3.05, 3.63) is 66.7 Å². The number of benzene rings is 3. The predicted octanol–water partition coefficient (Wildman–Crippen LogP) is 2.68. The highest BCUT2D eigenvalue weighted by atomic mass is 32.2. The van der Waals surface area contributed by atoms with E-state index in [2.05, 4.69) is 46.3 Å². The molecule has 8 heteroatoms. The van der Waals surface area contributed by atoms with Gasteiger partial charge in [0.2, 0.25) is 5.91 Å². The van der Waals surface area contributed by atoms with Crippen LogP contribution in [0.25, 0.3) is 10.8 Å². The Hall–Kier alpha value is -3.10. The van der Waals surface area contributed by atoms with Gasteiger partial charge >= 0.3 is 0 Å². The monoisotopic (exact) mass is 464 g/mol. The van der Waals surface area contributed by atoms with E-state index in [9.17, 15) is 13.2 Å². The van der Waals surface area contributed by atoms with Crippen LogP contribution in [0.4, 0.5) is 11.4 Å². The Morgan fingerprint density at radius 1 is 0.939 bits per heavy atom. The number of hydrogen-bond donors (Lipinski definition) is 1. The third-order valence-electron chi connectivity index (χ3n) is 6.62. The van der Waals surface area contributed by atoms with Crippen molar-refractivity contribution in [2.45, 2.75) is 17.9 Å². The van der Waals surface area contributed by atoms with Crippen molar-refractivity contribution in [3.63, 3.8) is 0 Å². The summed E-state index contributed by atoms with van der Waals surface area (Å²) in [6.45, 7) is 6.09. The molecule has 0 aromatic heterocycles. The highest BCUT2D eigenvalue weighted by molar-refractivity contribution is 7.93. The van der Waals surface area contributed by atoms with Crippen molar-refractivity contribution < 1.29 is 13.2 Å². The predicted molar refractivity (Wildman–Crippen MR) is 131 cm³/mol. The van der Waals surface area contributed by atoms with Crippen LogP contribution in [-0.2, 0) is 14.8 Å². The Morgan fingerprint density at radius 3 is 2.36 bits per heavy atom. The van der Waals surface area contributed by atoms with Crippen molar-refractivity contribution in [3.8, 4) is 0 Å². The third kappa shape index (κ3) is 4.05. The first-order chi connectivity index (χ1) is 15.9.